The van der Waals surface area contributed by atoms with Gasteiger partial charge in [-0.1, -0.05) is 0 Å². The fourth-order valence-electron chi connectivity index (χ4n) is 0.473. The average molecular weight is 242 g/mol. The lowest BCUT2D eigenvalue weighted by Gasteiger charge is -2.08. The maximum absolute atomic E-state index is 10.0. The summed E-state index contributed by atoms with van der Waals surface area (Å²) in [6.45, 7) is 5.93. The number of unbranched alkanes of at least 4 members (excludes halogenated alkanes) is 1. The van der Waals surface area contributed by atoms with Gasteiger partial charge in [-0.05, 0) is 33.6 Å². The van der Waals surface area contributed by atoms with E-state index in [1.807, 2.05) is 0 Å². The Morgan fingerprint density at radius 3 is 1.53 bits per heavy atom. The van der Waals surface area contributed by atoms with E-state index in [4.69, 9.17) is 5.11 Å². The first-order valence-corrected chi connectivity index (χ1v) is 5.17. The Balaban J connectivity index is 0. The van der Waals surface area contributed by atoms with E-state index < -0.39 is 11.4 Å². The largest absolute Gasteiger partial charge is 0.481 e. The second-order valence-corrected chi connectivity index (χ2v) is 4.21. The van der Waals surface area contributed by atoms with E-state index in [0.717, 1.165) is 12.8 Å². The normalized spacial score (nSPS) is 9.12. The zero-order chi connectivity index (χ0) is 13.7. The van der Waals surface area contributed by atoms with Crippen LogP contribution in [-0.2, 0) is 14.4 Å². The van der Waals surface area contributed by atoms with Crippen LogP contribution in [0.2, 0.25) is 0 Å². The van der Waals surface area contributed by atoms with Gasteiger partial charge in [-0.25, -0.2) is 19.6 Å². The second-order valence-electron chi connectivity index (χ2n) is 4.21. The summed E-state index contributed by atoms with van der Waals surface area (Å²) < 4.78 is 0. The molecule has 1 N–H and O–H groups in total. The molecule has 6 nitrogen and oxygen atoms in total. The summed E-state index contributed by atoms with van der Waals surface area (Å²) in [5.74, 6) is -0.757. The van der Waals surface area contributed by atoms with Crippen LogP contribution in [0.1, 0.15) is 33.6 Å². The highest BCUT2D eigenvalue weighted by Crippen LogP contribution is 2.11. The number of isocyanates is 2. The van der Waals surface area contributed by atoms with Gasteiger partial charge in [0, 0.05) is 0 Å². The molecule has 0 bridgehead atoms. The molecule has 0 aromatic rings. The van der Waals surface area contributed by atoms with Gasteiger partial charge in [0.25, 0.3) is 0 Å². The molecule has 6 heteroatoms. The van der Waals surface area contributed by atoms with Crippen LogP contribution in [0.3, 0.4) is 0 Å². The van der Waals surface area contributed by atoms with E-state index in [2.05, 4.69) is 9.98 Å². The second kappa shape index (κ2) is 10.7. The van der Waals surface area contributed by atoms with Gasteiger partial charge >= 0.3 is 5.97 Å². The number of rotatable bonds is 5. The molecule has 0 aliphatic rings. The SMILES string of the molecule is CC(C)(C)C(=O)O.O=C=NCCCCN=C=O. The minimum atomic E-state index is -0.757. The van der Waals surface area contributed by atoms with Crippen LogP contribution in [0.5, 0.6) is 0 Å². The molecule has 0 spiro atoms. The number of aliphatic carboxylic acids is 1. The average Bonchev–Trinajstić information content (AvgIpc) is 2.23. The van der Waals surface area contributed by atoms with Crippen LogP contribution in [0.25, 0.3) is 0 Å². The number of carboxylic acids is 1. The lowest BCUT2D eigenvalue weighted by atomic mass is 9.98. The van der Waals surface area contributed by atoms with Crippen LogP contribution in [-0.4, -0.2) is 36.3 Å². The Kier molecular flexibility index (Phi) is 11.1. The molecule has 0 aliphatic carbocycles. The molecule has 0 saturated heterocycles. The van der Waals surface area contributed by atoms with E-state index in [1.165, 1.54) is 12.2 Å². The molecule has 0 radical (unpaired) electrons. The van der Waals surface area contributed by atoms with Crippen molar-refractivity contribution in [3.63, 3.8) is 0 Å². The fourth-order valence-corrected chi connectivity index (χ4v) is 0.473. The fraction of sp³-hybridized carbons (Fsp3) is 0.727. The maximum Gasteiger partial charge on any atom is 0.308 e. The van der Waals surface area contributed by atoms with Gasteiger partial charge in [0.2, 0.25) is 12.2 Å². The molecule has 96 valence electrons. The highest BCUT2D eigenvalue weighted by molar-refractivity contribution is 5.72. The Morgan fingerprint density at radius 2 is 1.35 bits per heavy atom. The molecule has 0 saturated carbocycles. The first-order valence-electron chi connectivity index (χ1n) is 5.17. The quantitative estimate of drug-likeness (QED) is 0.449. The van der Waals surface area contributed by atoms with Gasteiger partial charge in [-0.15, -0.1) is 0 Å². The highest BCUT2D eigenvalue weighted by atomic mass is 16.4. The Labute approximate surface area is 100 Å². The van der Waals surface area contributed by atoms with Crippen LogP contribution < -0.4 is 0 Å². The summed E-state index contributed by atoms with van der Waals surface area (Å²) in [6, 6.07) is 0. The number of nitrogens with zero attached hydrogens (tertiary/aromatic N) is 2. The van der Waals surface area contributed by atoms with Crippen molar-refractivity contribution >= 4 is 18.1 Å². The minimum Gasteiger partial charge on any atom is -0.481 e. The number of carbonyl (C=O) groups is 1. The summed E-state index contributed by atoms with van der Waals surface area (Å²) in [7, 11) is 0. The van der Waals surface area contributed by atoms with Crippen LogP contribution in [0.4, 0.5) is 0 Å². The van der Waals surface area contributed by atoms with Crippen molar-refractivity contribution in [1.82, 2.24) is 0 Å². The molecule has 17 heavy (non-hydrogen) atoms. The predicted molar refractivity (Wildman–Crippen MR) is 62.3 cm³/mol. The molecule has 0 aromatic heterocycles. The van der Waals surface area contributed by atoms with Crippen LogP contribution in [0.15, 0.2) is 9.98 Å². The van der Waals surface area contributed by atoms with Crippen LogP contribution in [0, 0.1) is 5.41 Å². The van der Waals surface area contributed by atoms with Crippen molar-refractivity contribution in [2.75, 3.05) is 13.1 Å². The number of carbonyl (C=O) groups excluding carboxylic acids is 2. The molecule has 0 atom stereocenters. The third-order valence-corrected chi connectivity index (χ3v) is 1.56. The zero-order valence-corrected chi connectivity index (χ0v) is 10.4. The minimum absolute atomic E-state index is 0.470. The Hall–Kier alpha value is -1.77. The zero-order valence-electron chi connectivity index (χ0n) is 10.4. The topological polar surface area (TPSA) is 96.2 Å². The predicted octanol–water partition coefficient (Wildman–Crippen LogP) is 1.56. The summed E-state index contributed by atoms with van der Waals surface area (Å²) in [4.78, 5) is 35.7. The highest BCUT2D eigenvalue weighted by Gasteiger charge is 2.18. The van der Waals surface area contributed by atoms with Gasteiger partial charge in [0.15, 0.2) is 0 Å². The molecular formula is C11H18N2O4. The Bertz CT molecular complexity index is 288. The molecule has 0 fully saturated rings. The van der Waals surface area contributed by atoms with Gasteiger partial charge in [0.1, 0.15) is 0 Å². The van der Waals surface area contributed by atoms with E-state index in [0.29, 0.717) is 13.1 Å². The summed E-state index contributed by atoms with van der Waals surface area (Å²) in [5, 5.41) is 8.25. The van der Waals surface area contributed by atoms with E-state index >= 15 is 0 Å². The van der Waals surface area contributed by atoms with Crippen molar-refractivity contribution in [1.29, 1.82) is 0 Å². The van der Waals surface area contributed by atoms with Crippen molar-refractivity contribution in [3.05, 3.63) is 0 Å². The van der Waals surface area contributed by atoms with Gasteiger partial charge in [-0.3, -0.25) is 4.79 Å². The molecular weight excluding hydrogens is 224 g/mol. The lowest BCUT2D eigenvalue weighted by Crippen LogP contribution is -2.18. The number of carboxylic acid groups (broad SMARTS) is 1. The van der Waals surface area contributed by atoms with E-state index in [1.54, 1.807) is 20.8 Å². The molecule has 0 amide bonds. The molecule has 0 aliphatic heterocycles. The molecule has 0 rings (SSSR count). The summed E-state index contributed by atoms with van der Waals surface area (Å²) >= 11 is 0. The molecule has 0 aromatic carbocycles. The van der Waals surface area contributed by atoms with E-state index in [9.17, 15) is 14.4 Å². The lowest BCUT2D eigenvalue weighted by molar-refractivity contribution is -0.145. The van der Waals surface area contributed by atoms with Crippen molar-refractivity contribution < 1.29 is 19.5 Å². The third kappa shape index (κ3) is 16.9. The Morgan fingerprint density at radius 1 is 1.06 bits per heavy atom. The summed E-state index contributed by atoms with van der Waals surface area (Å²) in [6.07, 6.45) is 4.38. The van der Waals surface area contributed by atoms with Crippen molar-refractivity contribution in [2.45, 2.75) is 33.6 Å². The van der Waals surface area contributed by atoms with Crippen molar-refractivity contribution in [2.24, 2.45) is 15.4 Å². The summed E-state index contributed by atoms with van der Waals surface area (Å²) in [5.41, 5.74) is -0.583. The number of aliphatic imine (C=N–C) groups is 2. The van der Waals surface area contributed by atoms with Gasteiger partial charge in [-0.2, -0.15) is 0 Å². The first-order chi connectivity index (χ1) is 7.86. The smallest absolute Gasteiger partial charge is 0.308 e. The van der Waals surface area contributed by atoms with Gasteiger partial charge in [0.05, 0.1) is 18.5 Å². The molecule has 0 heterocycles. The third-order valence-electron chi connectivity index (χ3n) is 1.56. The standard InChI is InChI=1S/C6H8N2O2.C5H10O2/c9-5-7-3-1-2-4-8-6-10;1-5(2,3)4(6)7/h1-4H2;1-3H3,(H,6,7). The molecule has 0 unspecified atom stereocenters. The maximum atomic E-state index is 10.0. The number of hydrogen-bond donors (Lipinski definition) is 1. The van der Waals surface area contributed by atoms with E-state index in [-0.39, 0.29) is 0 Å². The monoisotopic (exact) mass is 242 g/mol. The van der Waals surface area contributed by atoms with Crippen molar-refractivity contribution in [3.8, 4) is 0 Å². The van der Waals surface area contributed by atoms with Gasteiger partial charge < -0.3 is 5.11 Å². The number of hydrogen-bond acceptors (Lipinski definition) is 5. The first kappa shape index (κ1) is 17.6. The van der Waals surface area contributed by atoms with Crippen LogP contribution >= 0.6 is 0 Å².